The average Bonchev–Trinajstić information content (AvgIpc) is 2.35. The SMILES string of the molecule is CCC(CN)CC(=O)NCc1ccc(C)cc1. The van der Waals surface area contributed by atoms with Gasteiger partial charge < -0.3 is 11.1 Å². The molecule has 3 N–H and O–H groups in total. The van der Waals surface area contributed by atoms with Crippen molar-refractivity contribution in [2.75, 3.05) is 6.54 Å². The van der Waals surface area contributed by atoms with Crippen LogP contribution in [0.3, 0.4) is 0 Å². The molecule has 0 heterocycles. The summed E-state index contributed by atoms with van der Waals surface area (Å²) in [5.74, 6) is 0.385. The number of carbonyl (C=O) groups excluding carboxylic acids is 1. The van der Waals surface area contributed by atoms with E-state index in [0.717, 1.165) is 12.0 Å². The number of benzene rings is 1. The lowest BCUT2D eigenvalue weighted by atomic mass is 10.0. The second kappa shape index (κ2) is 7.07. The lowest BCUT2D eigenvalue weighted by Gasteiger charge is -2.12. The molecule has 0 aliphatic carbocycles. The Balaban J connectivity index is 2.35. The zero-order valence-electron chi connectivity index (χ0n) is 10.7. The zero-order chi connectivity index (χ0) is 12.7. The molecule has 0 aromatic heterocycles. The molecule has 0 bridgehead atoms. The van der Waals surface area contributed by atoms with Gasteiger partial charge in [0.1, 0.15) is 0 Å². The largest absolute Gasteiger partial charge is 0.352 e. The summed E-state index contributed by atoms with van der Waals surface area (Å²) in [6.45, 7) is 5.29. The minimum Gasteiger partial charge on any atom is -0.352 e. The highest BCUT2D eigenvalue weighted by atomic mass is 16.1. The molecule has 0 saturated carbocycles. The zero-order valence-corrected chi connectivity index (χ0v) is 10.7. The van der Waals surface area contributed by atoms with E-state index in [9.17, 15) is 4.79 Å². The number of amides is 1. The number of rotatable bonds is 6. The Bertz CT molecular complexity index is 342. The van der Waals surface area contributed by atoms with Crippen LogP contribution in [0.15, 0.2) is 24.3 Å². The van der Waals surface area contributed by atoms with E-state index in [0.29, 0.717) is 25.4 Å². The molecule has 0 fully saturated rings. The molecule has 0 aliphatic heterocycles. The van der Waals surface area contributed by atoms with Crippen molar-refractivity contribution in [3.8, 4) is 0 Å². The summed E-state index contributed by atoms with van der Waals surface area (Å²) in [4.78, 5) is 11.6. The third kappa shape index (κ3) is 5.00. The first-order valence-corrected chi connectivity index (χ1v) is 6.18. The van der Waals surface area contributed by atoms with Gasteiger partial charge in [0.2, 0.25) is 5.91 Å². The number of aryl methyl sites for hydroxylation is 1. The van der Waals surface area contributed by atoms with Gasteiger partial charge in [0.15, 0.2) is 0 Å². The monoisotopic (exact) mass is 234 g/mol. The summed E-state index contributed by atoms with van der Waals surface area (Å²) in [5, 5.41) is 2.92. The highest BCUT2D eigenvalue weighted by molar-refractivity contribution is 5.76. The van der Waals surface area contributed by atoms with Crippen LogP contribution in [0.5, 0.6) is 0 Å². The van der Waals surface area contributed by atoms with Crippen LogP contribution in [-0.2, 0) is 11.3 Å². The van der Waals surface area contributed by atoms with Gasteiger partial charge in [-0.15, -0.1) is 0 Å². The fourth-order valence-corrected chi connectivity index (χ4v) is 1.64. The highest BCUT2D eigenvalue weighted by Crippen LogP contribution is 2.06. The van der Waals surface area contributed by atoms with Crippen molar-refractivity contribution in [2.24, 2.45) is 11.7 Å². The Morgan fingerprint density at radius 3 is 2.53 bits per heavy atom. The molecule has 17 heavy (non-hydrogen) atoms. The summed E-state index contributed by atoms with van der Waals surface area (Å²) in [6, 6.07) is 8.18. The summed E-state index contributed by atoms with van der Waals surface area (Å²) >= 11 is 0. The maximum atomic E-state index is 11.6. The van der Waals surface area contributed by atoms with Gasteiger partial charge in [-0.3, -0.25) is 4.79 Å². The van der Waals surface area contributed by atoms with Gasteiger partial charge in [-0.1, -0.05) is 43.2 Å². The van der Waals surface area contributed by atoms with Crippen LogP contribution in [0.2, 0.25) is 0 Å². The number of carbonyl (C=O) groups is 1. The minimum absolute atomic E-state index is 0.0860. The summed E-state index contributed by atoms with van der Waals surface area (Å²) in [5.41, 5.74) is 7.94. The van der Waals surface area contributed by atoms with E-state index < -0.39 is 0 Å². The topological polar surface area (TPSA) is 55.1 Å². The maximum Gasteiger partial charge on any atom is 0.220 e. The normalized spacial score (nSPS) is 12.2. The molecule has 0 aliphatic rings. The van der Waals surface area contributed by atoms with E-state index in [1.54, 1.807) is 0 Å². The molecular weight excluding hydrogens is 212 g/mol. The predicted octanol–water partition coefficient (Wildman–Crippen LogP) is 1.99. The van der Waals surface area contributed by atoms with E-state index in [1.807, 2.05) is 12.1 Å². The number of hydrogen-bond acceptors (Lipinski definition) is 2. The summed E-state index contributed by atoms with van der Waals surface area (Å²) < 4.78 is 0. The molecule has 0 saturated heterocycles. The van der Waals surface area contributed by atoms with Crippen LogP contribution < -0.4 is 11.1 Å². The molecule has 94 valence electrons. The Kier molecular flexibility index (Phi) is 5.70. The van der Waals surface area contributed by atoms with Crippen LogP contribution >= 0.6 is 0 Å². The van der Waals surface area contributed by atoms with Crippen LogP contribution in [0.1, 0.15) is 30.9 Å². The van der Waals surface area contributed by atoms with Crippen molar-refractivity contribution in [1.82, 2.24) is 5.32 Å². The molecule has 3 heteroatoms. The van der Waals surface area contributed by atoms with Gasteiger partial charge in [-0.2, -0.15) is 0 Å². The molecular formula is C14H22N2O. The fraction of sp³-hybridized carbons (Fsp3) is 0.500. The highest BCUT2D eigenvalue weighted by Gasteiger charge is 2.09. The van der Waals surface area contributed by atoms with Gasteiger partial charge in [0, 0.05) is 13.0 Å². The second-order valence-corrected chi connectivity index (χ2v) is 4.48. The number of hydrogen-bond donors (Lipinski definition) is 2. The van der Waals surface area contributed by atoms with E-state index >= 15 is 0 Å². The summed E-state index contributed by atoms with van der Waals surface area (Å²) in [6.07, 6.45) is 1.48. The van der Waals surface area contributed by atoms with E-state index in [2.05, 4.69) is 31.3 Å². The van der Waals surface area contributed by atoms with Crippen molar-refractivity contribution in [3.05, 3.63) is 35.4 Å². The van der Waals surface area contributed by atoms with Crippen molar-refractivity contribution in [3.63, 3.8) is 0 Å². The van der Waals surface area contributed by atoms with Crippen LogP contribution in [0.25, 0.3) is 0 Å². The van der Waals surface area contributed by atoms with Crippen molar-refractivity contribution >= 4 is 5.91 Å². The molecule has 1 aromatic carbocycles. The van der Waals surface area contributed by atoms with Gasteiger partial charge in [0.25, 0.3) is 0 Å². The minimum atomic E-state index is 0.0860. The van der Waals surface area contributed by atoms with E-state index in [1.165, 1.54) is 5.56 Å². The lowest BCUT2D eigenvalue weighted by Crippen LogP contribution is -2.27. The number of nitrogens with two attached hydrogens (primary N) is 1. The maximum absolute atomic E-state index is 11.6. The first-order valence-electron chi connectivity index (χ1n) is 6.18. The molecule has 1 rings (SSSR count). The summed E-state index contributed by atoms with van der Waals surface area (Å²) in [7, 11) is 0. The second-order valence-electron chi connectivity index (χ2n) is 4.48. The lowest BCUT2D eigenvalue weighted by molar-refractivity contribution is -0.122. The first-order chi connectivity index (χ1) is 8.15. The first kappa shape index (κ1) is 13.7. The molecule has 1 atom stereocenters. The van der Waals surface area contributed by atoms with Crippen molar-refractivity contribution in [2.45, 2.75) is 33.2 Å². The Labute approximate surface area is 103 Å². The van der Waals surface area contributed by atoms with Crippen molar-refractivity contribution in [1.29, 1.82) is 0 Å². The Hall–Kier alpha value is -1.35. The van der Waals surface area contributed by atoms with Crippen LogP contribution in [-0.4, -0.2) is 12.5 Å². The smallest absolute Gasteiger partial charge is 0.220 e. The van der Waals surface area contributed by atoms with Crippen LogP contribution in [0.4, 0.5) is 0 Å². The van der Waals surface area contributed by atoms with Gasteiger partial charge in [0.05, 0.1) is 0 Å². The standard InChI is InChI=1S/C14H22N2O/c1-3-12(9-15)8-14(17)16-10-13-6-4-11(2)5-7-13/h4-7,12H,3,8-10,15H2,1-2H3,(H,16,17). The molecule has 1 aromatic rings. The van der Waals surface area contributed by atoms with E-state index in [-0.39, 0.29) is 5.91 Å². The molecule has 1 unspecified atom stereocenters. The predicted molar refractivity (Wildman–Crippen MR) is 70.5 cm³/mol. The Morgan fingerprint density at radius 1 is 1.35 bits per heavy atom. The molecule has 3 nitrogen and oxygen atoms in total. The van der Waals surface area contributed by atoms with Gasteiger partial charge >= 0.3 is 0 Å². The number of nitrogens with one attached hydrogen (secondary N) is 1. The third-order valence-electron chi connectivity index (χ3n) is 3.00. The fourth-order valence-electron chi connectivity index (χ4n) is 1.64. The quantitative estimate of drug-likeness (QED) is 0.791. The van der Waals surface area contributed by atoms with Gasteiger partial charge in [-0.05, 0) is 24.9 Å². The molecule has 0 radical (unpaired) electrons. The van der Waals surface area contributed by atoms with E-state index in [4.69, 9.17) is 5.73 Å². The van der Waals surface area contributed by atoms with Crippen molar-refractivity contribution < 1.29 is 4.79 Å². The Morgan fingerprint density at radius 2 is 2.00 bits per heavy atom. The van der Waals surface area contributed by atoms with Gasteiger partial charge in [-0.25, -0.2) is 0 Å². The third-order valence-corrected chi connectivity index (χ3v) is 3.00. The molecule has 0 spiro atoms. The average molecular weight is 234 g/mol. The van der Waals surface area contributed by atoms with Crippen LogP contribution in [0, 0.1) is 12.8 Å². The molecule has 1 amide bonds.